The van der Waals surface area contributed by atoms with E-state index in [0.717, 1.165) is 64.4 Å². The minimum atomic E-state index is 0.868. The van der Waals surface area contributed by atoms with Crippen molar-refractivity contribution in [1.29, 1.82) is 0 Å². The van der Waals surface area contributed by atoms with E-state index in [4.69, 9.17) is 9.47 Å². The van der Waals surface area contributed by atoms with E-state index < -0.39 is 0 Å². The second-order valence-electron chi connectivity index (χ2n) is 8.80. The first-order valence-corrected chi connectivity index (χ1v) is 14.1. The fourth-order valence-corrected chi connectivity index (χ4v) is 7.39. The lowest BCUT2D eigenvalue weighted by Crippen LogP contribution is -1.92. The molecule has 0 unspecified atom stereocenters. The maximum atomic E-state index is 6.25. The molecule has 0 radical (unpaired) electrons. The van der Waals surface area contributed by atoms with Gasteiger partial charge in [0.05, 0.1) is 24.0 Å². The molecule has 0 N–H and O–H groups in total. The van der Waals surface area contributed by atoms with Crippen LogP contribution in [0.25, 0.3) is 52.9 Å². The van der Waals surface area contributed by atoms with Gasteiger partial charge in [0.1, 0.15) is 11.5 Å². The first kappa shape index (κ1) is 24.2. The molecule has 0 saturated heterocycles. The summed E-state index contributed by atoms with van der Waals surface area (Å²) in [6.07, 6.45) is 0. The summed E-state index contributed by atoms with van der Waals surface area (Å²) in [6.45, 7) is 0. The number of methoxy groups -OCH3 is 2. The average molecular weight is 531 g/mol. The highest BCUT2D eigenvalue weighted by atomic mass is 32.1. The number of rotatable bonds is 7. The Labute approximate surface area is 231 Å². The van der Waals surface area contributed by atoms with Gasteiger partial charge in [0.2, 0.25) is 0 Å². The summed E-state index contributed by atoms with van der Waals surface area (Å²) in [6, 6.07) is 42.1. The van der Waals surface area contributed by atoms with Crippen molar-refractivity contribution in [2.45, 2.75) is 0 Å². The Morgan fingerprint density at radius 3 is 0.895 bits per heavy atom. The Morgan fingerprint density at radius 1 is 0.368 bits per heavy atom. The molecule has 0 aliphatic carbocycles. The van der Waals surface area contributed by atoms with Gasteiger partial charge in [-0.05, 0) is 22.3 Å². The van der Waals surface area contributed by atoms with Gasteiger partial charge in [-0.2, -0.15) is 0 Å². The molecule has 0 spiro atoms. The Morgan fingerprint density at radius 2 is 0.632 bits per heavy atom. The zero-order valence-corrected chi connectivity index (χ0v) is 22.8. The summed E-state index contributed by atoms with van der Waals surface area (Å²) in [5.41, 5.74) is 6.71. The Balaban J connectivity index is 1.74. The van der Waals surface area contributed by atoms with E-state index in [0.29, 0.717) is 0 Å². The van der Waals surface area contributed by atoms with Gasteiger partial charge in [-0.15, -0.1) is 22.7 Å². The second kappa shape index (κ2) is 10.7. The van der Waals surface area contributed by atoms with Crippen molar-refractivity contribution < 1.29 is 9.47 Å². The summed E-state index contributed by atoms with van der Waals surface area (Å²) >= 11 is 3.53. The van der Waals surface area contributed by atoms with E-state index in [9.17, 15) is 0 Å². The zero-order valence-electron chi connectivity index (χ0n) is 21.2. The maximum absolute atomic E-state index is 6.25. The Hall–Kier alpha value is -4.12. The molecular formula is C34H26O2S2. The topological polar surface area (TPSA) is 18.5 Å². The van der Waals surface area contributed by atoms with Crippen LogP contribution >= 0.6 is 22.7 Å². The Bertz CT molecular complexity index is 1530. The fourth-order valence-electron chi connectivity index (χ4n) is 4.82. The van der Waals surface area contributed by atoms with Crippen LogP contribution in [-0.4, -0.2) is 14.2 Å². The Kier molecular flexibility index (Phi) is 6.82. The van der Waals surface area contributed by atoms with Gasteiger partial charge in [0.25, 0.3) is 0 Å². The number of hydrogen-bond donors (Lipinski definition) is 0. The molecule has 0 fully saturated rings. The standard InChI is InChI=1S/C34H26O2S2/c1-35-29-27(31(23-15-7-3-8-16-23)37-33(29)25-19-11-5-12-20-25)28-30(36-2)34(26-21-13-6-14-22-26)38-32(28)24-17-9-4-10-18-24/h3-22H,1-2H3. The summed E-state index contributed by atoms with van der Waals surface area (Å²) in [5, 5.41) is 0. The van der Waals surface area contributed by atoms with Crippen LogP contribution in [-0.2, 0) is 0 Å². The van der Waals surface area contributed by atoms with E-state index in [-0.39, 0.29) is 0 Å². The van der Waals surface area contributed by atoms with E-state index in [2.05, 4.69) is 109 Å². The zero-order chi connectivity index (χ0) is 25.9. The molecule has 2 nitrogen and oxygen atoms in total. The summed E-state index contributed by atoms with van der Waals surface area (Å²) in [7, 11) is 3.54. The largest absolute Gasteiger partial charge is 0.495 e. The van der Waals surface area contributed by atoms with Gasteiger partial charge in [-0.3, -0.25) is 0 Å². The highest BCUT2D eigenvalue weighted by Gasteiger charge is 2.31. The van der Waals surface area contributed by atoms with Crippen LogP contribution in [0.15, 0.2) is 121 Å². The van der Waals surface area contributed by atoms with Gasteiger partial charge >= 0.3 is 0 Å². The van der Waals surface area contributed by atoms with Crippen LogP contribution in [0.2, 0.25) is 0 Å². The minimum absolute atomic E-state index is 0.868. The third-order valence-corrected chi connectivity index (χ3v) is 9.07. The molecule has 6 aromatic rings. The van der Waals surface area contributed by atoms with Crippen molar-refractivity contribution in [3.63, 3.8) is 0 Å². The summed E-state index contributed by atoms with van der Waals surface area (Å²) in [5.74, 6) is 1.74. The van der Waals surface area contributed by atoms with Crippen molar-refractivity contribution in [3.8, 4) is 64.4 Å². The lowest BCUT2D eigenvalue weighted by Gasteiger charge is -2.13. The summed E-state index contributed by atoms with van der Waals surface area (Å²) in [4.78, 5) is 4.54. The summed E-state index contributed by atoms with van der Waals surface area (Å²) < 4.78 is 12.5. The van der Waals surface area contributed by atoms with Gasteiger partial charge in [-0.25, -0.2) is 0 Å². The monoisotopic (exact) mass is 530 g/mol. The van der Waals surface area contributed by atoms with Crippen LogP contribution in [0.4, 0.5) is 0 Å². The number of hydrogen-bond acceptors (Lipinski definition) is 4. The van der Waals surface area contributed by atoms with Crippen LogP contribution in [0.1, 0.15) is 0 Å². The normalized spacial score (nSPS) is 10.9. The first-order valence-electron chi connectivity index (χ1n) is 12.4. The molecule has 38 heavy (non-hydrogen) atoms. The SMILES string of the molecule is COc1c(-c2ccccc2)sc(-c2ccccc2)c1-c1c(-c2ccccc2)sc(-c2ccccc2)c1OC. The fraction of sp³-hybridized carbons (Fsp3) is 0.0588. The predicted octanol–water partition coefficient (Wildman–Crippen LogP) is 10.2. The molecule has 6 rings (SSSR count). The molecule has 4 heteroatoms. The highest BCUT2D eigenvalue weighted by molar-refractivity contribution is 7.21. The molecule has 0 aliphatic heterocycles. The van der Waals surface area contributed by atoms with Crippen molar-refractivity contribution in [3.05, 3.63) is 121 Å². The van der Waals surface area contributed by atoms with Gasteiger partial charge < -0.3 is 9.47 Å². The molecular weight excluding hydrogens is 505 g/mol. The van der Waals surface area contributed by atoms with Crippen LogP contribution < -0.4 is 9.47 Å². The van der Waals surface area contributed by atoms with Crippen molar-refractivity contribution in [2.24, 2.45) is 0 Å². The number of benzene rings is 4. The van der Waals surface area contributed by atoms with Gasteiger partial charge in [-0.1, -0.05) is 121 Å². The molecule has 2 heterocycles. The quantitative estimate of drug-likeness (QED) is 0.204. The van der Waals surface area contributed by atoms with E-state index in [1.165, 1.54) is 0 Å². The van der Waals surface area contributed by atoms with Crippen LogP contribution in [0.3, 0.4) is 0 Å². The predicted molar refractivity (Wildman–Crippen MR) is 162 cm³/mol. The van der Waals surface area contributed by atoms with E-state index in [1.54, 1.807) is 36.9 Å². The third-order valence-electron chi connectivity index (χ3n) is 6.53. The van der Waals surface area contributed by atoms with Crippen LogP contribution in [0, 0.1) is 0 Å². The second-order valence-corrected chi connectivity index (χ2v) is 10.8. The molecule has 0 bridgehead atoms. The number of thiophene rings is 2. The third kappa shape index (κ3) is 4.32. The van der Waals surface area contributed by atoms with E-state index in [1.807, 2.05) is 12.1 Å². The molecule has 0 aliphatic rings. The smallest absolute Gasteiger partial charge is 0.146 e. The van der Waals surface area contributed by atoms with Crippen molar-refractivity contribution in [2.75, 3.05) is 14.2 Å². The average Bonchev–Trinajstić information content (AvgIpc) is 3.57. The maximum Gasteiger partial charge on any atom is 0.146 e. The molecule has 2 aromatic heterocycles. The molecule has 0 saturated carbocycles. The molecule has 4 aromatic carbocycles. The molecule has 186 valence electrons. The lowest BCUT2D eigenvalue weighted by molar-refractivity contribution is 0.414. The first-order chi connectivity index (χ1) is 18.8. The van der Waals surface area contributed by atoms with Crippen molar-refractivity contribution in [1.82, 2.24) is 0 Å². The van der Waals surface area contributed by atoms with Crippen molar-refractivity contribution >= 4 is 22.7 Å². The minimum Gasteiger partial charge on any atom is -0.495 e. The van der Waals surface area contributed by atoms with Gasteiger partial charge in [0.15, 0.2) is 0 Å². The highest BCUT2D eigenvalue weighted by Crippen LogP contribution is 2.60. The molecule has 0 atom stereocenters. The van der Waals surface area contributed by atoms with Crippen LogP contribution in [0.5, 0.6) is 11.5 Å². The van der Waals surface area contributed by atoms with E-state index >= 15 is 0 Å². The van der Waals surface area contributed by atoms with Gasteiger partial charge in [0, 0.05) is 20.9 Å². The number of ether oxygens (including phenoxy) is 2. The lowest BCUT2D eigenvalue weighted by atomic mass is 9.96. The molecule has 0 amide bonds.